The first kappa shape index (κ1) is 12.1. The number of thioether (sulfide) groups is 1. The molecule has 0 radical (unpaired) electrons. The van der Waals surface area contributed by atoms with Crippen LogP contribution in [0.1, 0.15) is 6.92 Å². The molecule has 1 heterocycles. The Hall–Kier alpha value is -1.36. The van der Waals surface area contributed by atoms with Crippen molar-refractivity contribution in [2.24, 2.45) is 0 Å². The molecule has 17 heavy (non-hydrogen) atoms. The lowest BCUT2D eigenvalue weighted by Crippen LogP contribution is -2.32. The molecular formula is C12H15NO3S. The average molecular weight is 253 g/mol. The SMILES string of the molecule is CCN1CCOc2ccc(SCC(=O)O)cc21. The Kier molecular flexibility index (Phi) is 3.78. The van der Waals surface area contributed by atoms with Gasteiger partial charge >= 0.3 is 5.97 Å². The minimum absolute atomic E-state index is 0.0891. The van der Waals surface area contributed by atoms with Gasteiger partial charge in [0.15, 0.2) is 0 Å². The van der Waals surface area contributed by atoms with Crippen LogP contribution < -0.4 is 9.64 Å². The van der Waals surface area contributed by atoms with Gasteiger partial charge in [-0.25, -0.2) is 0 Å². The monoisotopic (exact) mass is 253 g/mol. The molecule has 0 amide bonds. The maximum absolute atomic E-state index is 10.5. The van der Waals surface area contributed by atoms with E-state index in [1.54, 1.807) is 0 Å². The van der Waals surface area contributed by atoms with E-state index < -0.39 is 5.97 Å². The number of hydrogen-bond donors (Lipinski definition) is 1. The number of carboxylic acid groups (broad SMARTS) is 1. The largest absolute Gasteiger partial charge is 0.490 e. The average Bonchev–Trinajstić information content (AvgIpc) is 2.35. The van der Waals surface area contributed by atoms with E-state index >= 15 is 0 Å². The highest BCUT2D eigenvalue weighted by atomic mass is 32.2. The fourth-order valence-corrected chi connectivity index (χ4v) is 2.47. The van der Waals surface area contributed by atoms with Crippen molar-refractivity contribution in [1.82, 2.24) is 0 Å². The van der Waals surface area contributed by atoms with Gasteiger partial charge in [0.25, 0.3) is 0 Å². The van der Waals surface area contributed by atoms with Crippen LogP contribution in [0.2, 0.25) is 0 Å². The van der Waals surface area contributed by atoms with Gasteiger partial charge in [0, 0.05) is 11.4 Å². The Morgan fingerprint density at radius 2 is 2.41 bits per heavy atom. The Morgan fingerprint density at radius 3 is 3.12 bits per heavy atom. The molecular weight excluding hydrogens is 238 g/mol. The maximum atomic E-state index is 10.5. The van der Waals surface area contributed by atoms with E-state index in [1.807, 2.05) is 18.2 Å². The Morgan fingerprint density at radius 1 is 1.59 bits per heavy atom. The highest BCUT2D eigenvalue weighted by Gasteiger charge is 2.17. The van der Waals surface area contributed by atoms with Crippen molar-refractivity contribution >= 4 is 23.4 Å². The van der Waals surface area contributed by atoms with Gasteiger partial charge in [0.1, 0.15) is 12.4 Å². The van der Waals surface area contributed by atoms with Crippen molar-refractivity contribution in [3.63, 3.8) is 0 Å². The zero-order valence-corrected chi connectivity index (χ0v) is 10.5. The summed E-state index contributed by atoms with van der Waals surface area (Å²) in [5, 5.41) is 8.66. The van der Waals surface area contributed by atoms with E-state index in [2.05, 4.69) is 11.8 Å². The summed E-state index contributed by atoms with van der Waals surface area (Å²) < 4.78 is 5.57. The zero-order valence-electron chi connectivity index (χ0n) is 9.68. The van der Waals surface area contributed by atoms with Gasteiger partial charge in [0.05, 0.1) is 18.0 Å². The molecule has 0 aliphatic carbocycles. The van der Waals surface area contributed by atoms with E-state index in [1.165, 1.54) is 11.8 Å². The summed E-state index contributed by atoms with van der Waals surface area (Å²) in [6.45, 7) is 4.63. The number of likely N-dealkylation sites (N-methyl/N-ethyl adjacent to an activating group) is 1. The number of carbonyl (C=O) groups is 1. The van der Waals surface area contributed by atoms with Crippen LogP contribution in [-0.2, 0) is 4.79 Å². The molecule has 1 aromatic carbocycles. The summed E-state index contributed by atoms with van der Waals surface area (Å²) in [5.41, 5.74) is 1.06. The molecule has 92 valence electrons. The topological polar surface area (TPSA) is 49.8 Å². The second-order valence-electron chi connectivity index (χ2n) is 3.74. The molecule has 0 aromatic heterocycles. The summed E-state index contributed by atoms with van der Waals surface area (Å²) in [4.78, 5) is 13.7. The maximum Gasteiger partial charge on any atom is 0.313 e. The van der Waals surface area contributed by atoms with Crippen molar-refractivity contribution in [2.45, 2.75) is 11.8 Å². The predicted molar refractivity (Wildman–Crippen MR) is 68.2 cm³/mol. The Labute approximate surface area is 105 Å². The lowest BCUT2D eigenvalue weighted by Gasteiger charge is -2.30. The number of carboxylic acids is 1. The Balaban J connectivity index is 2.18. The second-order valence-corrected chi connectivity index (χ2v) is 4.79. The number of benzene rings is 1. The normalized spacial score (nSPS) is 14.1. The van der Waals surface area contributed by atoms with Crippen molar-refractivity contribution in [3.8, 4) is 5.75 Å². The number of rotatable bonds is 4. The van der Waals surface area contributed by atoms with E-state index in [4.69, 9.17) is 9.84 Å². The summed E-state index contributed by atoms with van der Waals surface area (Å²) in [5.74, 6) is 0.181. The van der Waals surface area contributed by atoms with Gasteiger partial charge in [-0.1, -0.05) is 0 Å². The summed E-state index contributed by atoms with van der Waals surface area (Å²) in [6.07, 6.45) is 0. The van der Waals surface area contributed by atoms with Gasteiger partial charge < -0.3 is 14.7 Å². The molecule has 0 unspecified atom stereocenters. The molecule has 5 heteroatoms. The zero-order chi connectivity index (χ0) is 12.3. The highest BCUT2D eigenvalue weighted by molar-refractivity contribution is 8.00. The van der Waals surface area contributed by atoms with E-state index in [9.17, 15) is 4.79 Å². The molecule has 1 aromatic rings. The molecule has 0 saturated carbocycles. The highest BCUT2D eigenvalue weighted by Crippen LogP contribution is 2.35. The molecule has 2 rings (SSSR count). The van der Waals surface area contributed by atoms with Crippen LogP contribution in [0.15, 0.2) is 23.1 Å². The quantitative estimate of drug-likeness (QED) is 0.833. The van der Waals surface area contributed by atoms with Crippen LogP contribution >= 0.6 is 11.8 Å². The third-order valence-corrected chi connectivity index (χ3v) is 3.61. The number of aliphatic carboxylic acids is 1. The van der Waals surface area contributed by atoms with Gasteiger partial charge in [-0.3, -0.25) is 4.79 Å². The van der Waals surface area contributed by atoms with Crippen molar-refractivity contribution < 1.29 is 14.6 Å². The third kappa shape index (κ3) is 2.85. The number of ether oxygens (including phenoxy) is 1. The first-order chi connectivity index (χ1) is 8.20. The minimum Gasteiger partial charge on any atom is -0.490 e. The third-order valence-electron chi connectivity index (χ3n) is 2.63. The Bertz CT molecular complexity index is 422. The number of nitrogens with zero attached hydrogens (tertiary/aromatic N) is 1. The minimum atomic E-state index is -0.795. The summed E-state index contributed by atoms with van der Waals surface area (Å²) >= 11 is 1.33. The fourth-order valence-electron chi connectivity index (χ4n) is 1.82. The summed E-state index contributed by atoms with van der Waals surface area (Å²) in [7, 11) is 0. The smallest absolute Gasteiger partial charge is 0.313 e. The van der Waals surface area contributed by atoms with Crippen molar-refractivity contribution in [1.29, 1.82) is 0 Å². The molecule has 1 aliphatic heterocycles. The van der Waals surface area contributed by atoms with Crippen LogP contribution in [0.3, 0.4) is 0 Å². The molecule has 4 nitrogen and oxygen atoms in total. The van der Waals surface area contributed by atoms with Crippen LogP contribution in [0.5, 0.6) is 5.75 Å². The van der Waals surface area contributed by atoms with Gasteiger partial charge in [-0.2, -0.15) is 0 Å². The van der Waals surface area contributed by atoms with Gasteiger partial charge in [-0.15, -0.1) is 11.8 Å². The van der Waals surface area contributed by atoms with Gasteiger partial charge in [0.2, 0.25) is 0 Å². The molecule has 0 atom stereocenters. The number of hydrogen-bond acceptors (Lipinski definition) is 4. The standard InChI is InChI=1S/C12H15NO3S/c1-2-13-5-6-16-11-4-3-9(7-10(11)13)17-8-12(14)15/h3-4,7H,2,5-6,8H2,1H3,(H,14,15). The lowest BCUT2D eigenvalue weighted by atomic mass is 10.2. The molecule has 0 saturated heterocycles. The van der Waals surface area contributed by atoms with Crippen molar-refractivity contribution in [2.75, 3.05) is 30.3 Å². The van der Waals surface area contributed by atoms with E-state index in [-0.39, 0.29) is 5.75 Å². The first-order valence-corrected chi connectivity index (χ1v) is 6.55. The predicted octanol–water partition coefficient (Wildman–Crippen LogP) is 2.08. The molecule has 1 N–H and O–H groups in total. The fraction of sp³-hybridized carbons (Fsp3) is 0.417. The molecule has 0 bridgehead atoms. The van der Waals surface area contributed by atoms with Crippen LogP contribution in [0.25, 0.3) is 0 Å². The van der Waals surface area contributed by atoms with Crippen LogP contribution in [0, 0.1) is 0 Å². The molecule has 0 spiro atoms. The molecule has 1 aliphatic rings. The second kappa shape index (κ2) is 5.31. The lowest BCUT2D eigenvalue weighted by molar-refractivity contribution is -0.133. The summed E-state index contributed by atoms with van der Waals surface area (Å²) in [6, 6.07) is 5.83. The van der Waals surface area contributed by atoms with E-state index in [0.29, 0.717) is 6.61 Å². The van der Waals surface area contributed by atoms with Crippen LogP contribution in [0.4, 0.5) is 5.69 Å². The van der Waals surface area contributed by atoms with Crippen LogP contribution in [-0.4, -0.2) is 36.5 Å². The number of anilines is 1. The first-order valence-electron chi connectivity index (χ1n) is 5.57. The number of fused-ring (bicyclic) bond motifs is 1. The van der Waals surface area contributed by atoms with E-state index in [0.717, 1.165) is 29.4 Å². The molecule has 0 fully saturated rings. The van der Waals surface area contributed by atoms with Crippen molar-refractivity contribution in [3.05, 3.63) is 18.2 Å². The van der Waals surface area contributed by atoms with Gasteiger partial charge in [-0.05, 0) is 25.1 Å².